The minimum Gasteiger partial charge on any atom is -0.490 e. The van der Waals surface area contributed by atoms with E-state index in [4.69, 9.17) is 4.74 Å². The first-order valence-electron chi connectivity index (χ1n) is 7.01. The summed E-state index contributed by atoms with van der Waals surface area (Å²) in [4.78, 5) is 11.6. The van der Waals surface area contributed by atoms with Gasteiger partial charge in [0.15, 0.2) is 5.78 Å². The highest BCUT2D eigenvalue weighted by molar-refractivity contribution is 9.10. The summed E-state index contributed by atoms with van der Waals surface area (Å²) >= 11 is 3.42. The van der Waals surface area contributed by atoms with Crippen LogP contribution in [0.1, 0.15) is 63.2 Å². The number of rotatable bonds is 8. The Morgan fingerprint density at radius 3 is 2.68 bits per heavy atom. The molecule has 0 heterocycles. The summed E-state index contributed by atoms with van der Waals surface area (Å²) in [6.07, 6.45) is 6.13. The molecule has 0 aliphatic rings. The number of carbonyl (C=O) groups is 1. The molecule has 0 radical (unpaired) electrons. The van der Waals surface area contributed by atoms with E-state index in [1.165, 1.54) is 25.7 Å². The predicted molar refractivity (Wildman–Crippen MR) is 83.0 cm³/mol. The molecule has 0 fully saturated rings. The predicted octanol–water partition coefficient (Wildman–Crippen LogP) is 5.39. The van der Waals surface area contributed by atoms with Crippen molar-refractivity contribution in [3.8, 4) is 5.75 Å². The van der Waals surface area contributed by atoms with Gasteiger partial charge in [-0.2, -0.15) is 0 Å². The van der Waals surface area contributed by atoms with Gasteiger partial charge in [-0.25, -0.2) is 0 Å². The van der Waals surface area contributed by atoms with Crippen LogP contribution in [-0.4, -0.2) is 11.9 Å². The monoisotopic (exact) mass is 326 g/mol. The highest BCUT2D eigenvalue weighted by atomic mass is 79.9. The quantitative estimate of drug-likeness (QED) is 0.473. The molecule has 0 aliphatic carbocycles. The molecule has 1 unspecified atom stereocenters. The number of hydrogen-bond acceptors (Lipinski definition) is 2. The summed E-state index contributed by atoms with van der Waals surface area (Å²) in [5, 5.41) is 0. The normalized spacial score (nSPS) is 12.2. The second-order valence-corrected chi connectivity index (χ2v) is 5.89. The maximum absolute atomic E-state index is 11.6. The van der Waals surface area contributed by atoms with E-state index in [1.807, 2.05) is 18.2 Å². The zero-order chi connectivity index (χ0) is 14.3. The van der Waals surface area contributed by atoms with Crippen molar-refractivity contribution in [2.45, 2.75) is 59.0 Å². The highest BCUT2D eigenvalue weighted by Gasteiger charge is 2.12. The molecule has 3 heteroatoms. The van der Waals surface area contributed by atoms with E-state index in [0.29, 0.717) is 11.3 Å². The average molecular weight is 327 g/mol. The molecule has 106 valence electrons. The van der Waals surface area contributed by atoms with Gasteiger partial charge in [-0.05, 0) is 44.9 Å². The lowest BCUT2D eigenvalue weighted by Gasteiger charge is -2.17. The van der Waals surface area contributed by atoms with Crippen molar-refractivity contribution in [3.63, 3.8) is 0 Å². The van der Waals surface area contributed by atoms with E-state index < -0.39 is 0 Å². The molecule has 0 aliphatic heterocycles. The lowest BCUT2D eigenvalue weighted by molar-refractivity contribution is 0.101. The summed E-state index contributed by atoms with van der Waals surface area (Å²) in [5.74, 6) is 0.727. The molecule has 2 nitrogen and oxygen atoms in total. The Bertz CT molecular complexity index is 415. The zero-order valence-electron chi connectivity index (χ0n) is 12.0. The number of halogens is 1. The van der Waals surface area contributed by atoms with Crippen molar-refractivity contribution in [1.82, 2.24) is 0 Å². The van der Waals surface area contributed by atoms with Gasteiger partial charge < -0.3 is 4.74 Å². The number of hydrogen-bond donors (Lipinski definition) is 0. The molecule has 1 aromatic carbocycles. The van der Waals surface area contributed by atoms with Gasteiger partial charge >= 0.3 is 0 Å². The van der Waals surface area contributed by atoms with Crippen molar-refractivity contribution in [1.29, 1.82) is 0 Å². The van der Waals surface area contributed by atoms with Gasteiger partial charge in [-0.15, -0.1) is 0 Å². The maximum atomic E-state index is 11.6. The molecule has 1 aromatic rings. The largest absolute Gasteiger partial charge is 0.490 e. The fraction of sp³-hybridized carbons (Fsp3) is 0.562. The fourth-order valence-electron chi connectivity index (χ4n) is 2.02. The van der Waals surface area contributed by atoms with Crippen LogP contribution in [0.3, 0.4) is 0 Å². The topological polar surface area (TPSA) is 26.3 Å². The Labute approximate surface area is 124 Å². The summed E-state index contributed by atoms with van der Waals surface area (Å²) < 4.78 is 6.85. The van der Waals surface area contributed by atoms with Crippen molar-refractivity contribution in [3.05, 3.63) is 28.2 Å². The summed E-state index contributed by atoms with van der Waals surface area (Å²) in [5.41, 5.74) is 0.656. The SMILES string of the molecule is CCCCCCC(C)Oc1cc(Br)ccc1C(C)=O. The smallest absolute Gasteiger partial charge is 0.163 e. The Morgan fingerprint density at radius 1 is 1.32 bits per heavy atom. The third kappa shape index (κ3) is 5.77. The van der Waals surface area contributed by atoms with Crippen LogP contribution in [-0.2, 0) is 0 Å². The molecule has 0 bridgehead atoms. The molecular formula is C16H23BrO2. The third-order valence-electron chi connectivity index (χ3n) is 3.12. The van der Waals surface area contributed by atoms with E-state index in [0.717, 1.165) is 10.9 Å². The molecule has 0 aromatic heterocycles. The first kappa shape index (κ1) is 16.2. The molecule has 1 rings (SSSR count). The number of carbonyl (C=O) groups excluding carboxylic acids is 1. The van der Waals surface area contributed by atoms with Crippen LogP contribution in [0.4, 0.5) is 0 Å². The number of unbranched alkanes of at least 4 members (excludes halogenated alkanes) is 3. The lowest BCUT2D eigenvalue weighted by Crippen LogP contribution is -2.13. The van der Waals surface area contributed by atoms with Gasteiger partial charge in [0.2, 0.25) is 0 Å². The molecule has 0 spiro atoms. The van der Waals surface area contributed by atoms with Gasteiger partial charge in [0.1, 0.15) is 5.75 Å². The van der Waals surface area contributed by atoms with Crippen LogP contribution in [0.2, 0.25) is 0 Å². The van der Waals surface area contributed by atoms with Gasteiger partial charge in [0.05, 0.1) is 11.7 Å². The number of Topliss-reactive ketones (excluding diaryl/α,β-unsaturated/α-hetero) is 1. The number of ether oxygens (including phenoxy) is 1. The summed E-state index contributed by atoms with van der Waals surface area (Å²) in [7, 11) is 0. The van der Waals surface area contributed by atoms with Crippen LogP contribution in [0.25, 0.3) is 0 Å². The van der Waals surface area contributed by atoms with Gasteiger partial charge in [-0.1, -0.05) is 42.1 Å². The van der Waals surface area contributed by atoms with Crippen molar-refractivity contribution in [2.75, 3.05) is 0 Å². The first-order valence-corrected chi connectivity index (χ1v) is 7.81. The van der Waals surface area contributed by atoms with Crippen molar-refractivity contribution in [2.24, 2.45) is 0 Å². The van der Waals surface area contributed by atoms with E-state index in [1.54, 1.807) is 6.92 Å². The first-order chi connectivity index (χ1) is 9.04. The van der Waals surface area contributed by atoms with E-state index in [-0.39, 0.29) is 11.9 Å². The van der Waals surface area contributed by atoms with Crippen molar-refractivity contribution >= 4 is 21.7 Å². The molecule has 0 saturated carbocycles. The Kier molecular flexibility index (Phi) is 7.14. The Hall–Kier alpha value is -0.830. The second-order valence-electron chi connectivity index (χ2n) is 4.97. The minimum atomic E-state index is 0.0423. The molecule has 19 heavy (non-hydrogen) atoms. The summed E-state index contributed by atoms with van der Waals surface area (Å²) in [6, 6.07) is 5.56. The Balaban J connectivity index is 2.60. The van der Waals surface area contributed by atoms with Gasteiger partial charge in [0, 0.05) is 4.47 Å². The second kappa shape index (κ2) is 8.36. The van der Waals surface area contributed by atoms with Crippen LogP contribution in [0.5, 0.6) is 5.75 Å². The van der Waals surface area contributed by atoms with Crippen LogP contribution in [0.15, 0.2) is 22.7 Å². The molecule has 0 saturated heterocycles. The van der Waals surface area contributed by atoms with E-state index >= 15 is 0 Å². The number of ketones is 1. The van der Waals surface area contributed by atoms with Crippen LogP contribution >= 0.6 is 15.9 Å². The number of benzene rings is 1. The fourth-order valence-corrected chi connectivity index (χ4v) is 2.36. The molecule has 1 atom stereocenters. The lowest BCUT2D eigenvalue weighted by atomic mass is 10.1. The standard InChI is InChI=1S/C16H23BrO2/c1-4-5-6-7-8-12(2)19-16-11-14(17)9-10-15(16)13(3)18/h9-12H,4-8H2,1-3H3. The molecular weight excluding hydrogens is 304 g/mol. The maximum Gasteiger partial charge on any atom is 0.163 e. The third-order valence-corrected chi connectivity index (χ3v) is 3.61. The Morgan fingerprint density at radius 2 is 2.05 bits per heavy atom. The zero-order valence-corrected chi connectivity index (χ0v) is 13.6. The van der Waals surface area contributed by atoms with Gasteiger partial charge in [0.25, 0.3) is 0 Å². The van der Waals surface area contributed by atoms with Gasteiger partial charge in [-0.3, -0.25) is 4.79 Å². The molecule has 0 N–H and O–H groups in total. The molecule has 0 amide bonds. The van der Waals surface area contributed by atoms with Crippen LogP contribution < -0.4 is 4.74 Å². The summed E-state index contributed by atoms with van der Waals surface area (Å²) in [6.45, 7) is 5.85. The van der Waals surface area contributed by atoms with Crippen LogP contribution in [0, 0.1) is 0 Å². The van der Waals surface area contributed by atoms with E-state index in [9.17, 15) is 4.79 Å². The highest BCUT2D eigenvalue weighted by Crippen LogP contribution is 2.26. The minimum absolute atomic E-state index is 0.0423. The average Bonchev–Trinajstić information content (AvgIpc) is 2.34. The van der Waals surface area contributed by atoms with Crippen molar-refractivity contribution < 1.29 is 9.53 Å². The van der Waals surface area contributed by atoms with E-state index in [2.05, 4.69) is 29.8 Å².